The third kappa shape index (κ3) is 2.74. The van der Waals surface area contributed by atoms with Gasteiger partial charge in [0.25, 0.3) is 0 Å². The van der Waals surface area contributed by atoms with Crippen LogP contribution in [0.2, 0.25) is 0 Å². The standard InChI is InChI=1S/C10H14N4O/c1-14(7-3-6-11)9-5-4-8(12)10(13-9)15-2/h4-5H,3,7,12H2,1-2H3. The molecule has 0 aromatic carbocycles. The third-order valence-electron chi connectivity index (χ3n) is 2.02. The molecule has 0 fully saturated rings. The molecular weight excluding hydrogens is 192 g/mol. The largest absolute Gasteiger partial charge is 0.479 e. The Hall–Kier alpha value is -1.96. The first-order valence-corrected chi connectivity index (χ1v) is 4.57. The topological polar surface area (TPSA) is 75.2 Å². The SMILES string of the molecule is COc1nc(N(C)CCC#N)ccc1N. The van der Waals surface area contributed by atoms with Crippen LogP contribution >= 0.6 is 0 Å². The molecule has 0 unspecified atom stereocenters. The lowest BCUT2D eigenvalue weighted by Gasteiger charge is -2.17. The molecule has 1 heterocycles. The van der Waals surface area contributed by atoms with E-state index < -0.39 is 0 Å². The van der Waals surface area contributed by atoms with Crippen LogP contribution in [-0.4, -0.2) is 25.7 Å². The molecule has 0 aliphatic carbocycles. The fourth-order valence-corrected chi connectivity index (χ4v) is 1.15. The molecular formula is C10H14N4O. The van der Waals surface area contributed by atoms with Crippen LogP contribution in [0.15, 0.2) is 12.1 Å². The van der Waals surface area contributed by atoms with Gasteiger partial charge in [-0.2, -0.15) is 10.2 Å². The predicted octanol–water partition coefficient (Wildman–Crippen LogP) is 1.02. The molecule has 0 saturated heterocycles. The van der Waals surface area contributed by atoms with Gasteiger partial charge in [-0.05, 0) is 12.1 Å². The second-order valence-corrected chi connectivity index (χ2v) is 3.10. The van der Waals surface area contributed by atoms with Crippen molar-refractivity contribution in [3.63, 3.8) is 0 Å². The van der Waals surface area contributed by atoms with Crippen molar-refractivity contribution >= 4 is 11.5 Å². The Morgan fingerprint density at radius 1 is 1.60 bits per heavy atom. The highest BCUT2D eigenvalue weighted by Gasteiger charge is 2.06. The summed E-state index contributed by atoms with van der Waals surface area (Å²) < 4.78 is 5.01. The molecule has 5 heteroatoms. The quantitative estimate of drug-likeness (QED) is 0.796. The summed E-state index contributed by atoms with van der Waals surface area (Å²) in [5.41, 5.74) is 6.15. The van der Waals surface area contributed by atoms with Gasteiger partial charge in [-0.25, -0.2) is 0 Å². The number of nitrogen functional groups attached to an aromatic ring is 1. The van der Waals surface area contributed by atoms with Gasteiger partial charge in [-0.3, -0.25) is 0 Å². The maximum Gasteiger partial charge on any atom is 0.238 e. The molecule has 2 N–H and O–H groups in total. The van der Waals surface area contributed by atoms with Crippen molar-refractivity contribution in [2.45, 2.75) is 6.42 Å². The highest BCUT2D eigenvalue weighted by Crippen LogP contribution is 2.21. The lowest BCUT2D eigenvalue weighted by Crippen LogP contribution is -2.19. The molecule has 0 aliphatic heterocycles. The Labute approximate surface area is 89.1 Å². The van der Waals surface area contributed by atoms with Crippen molar-refractivity contribution in [1.82, 2.24) is 4.98 Å². The summed E-state index contributed by atoms with van der Waals surface area (Å²) in [5.74, 6) is 1.16. The van der Waals surface area contributed by atoms with E-state index in [4.69, 9.17) is 15.7 Å². The van der Waals surface area contributed by atoms with Gasteiger partial charge in [0.05, 0.1) is 25.3 Å². The number of rotatable bonds is 4. The molecule has 0 radical (unpaired) electrons. The molecule has 5 nitrogen and oxygen atoms in total. The molecule has 15 heavy (non-hydrogen) atoms. The summed E-state index contributed by atoms with van der Waals surface area (Å²) in [7, 11) is 3.40. The van der Waals surface area contributed by atoms with E-state index in [2.05, 4.69) is 11.1 Å². The zero-order chi connectivity index (χ0) is 11.3. The minimum absolute atomic E-state index is 0.413. The van der Waals surface area contributed by atoms with E-state index in [-0.39, 0.29) is 0 Å². The predicted molar refractivity (Wildman–Crippen MR) is 58.7 cm³/mol. The van der Waals surface area contributed by atoms with Gasteiger partial charge < -0.3 is 15.4 Å². The molecule has 1 aromatic rings. The summed E-state index contributed by atoms with van der Waals surface area (Å²) in [6, 6.07) is 5.62. The third-order valence-corrected chi connectivity index (χ3v) is 2.02. The molecule has 0 bridgehead atoms. The number of aromatic nitrogens is 1. The van der Waals surface area contributed by atoms with Crippen LogP contribution in [0.3, 0.4) is 0 Å². The van der Waals surface area contributed by atoms with E-state index in [1.165, 1.54) is 7.11 Å². The molecule has 80 valence electrons. The Kier molecular flexibility index (Phi) is 3.75. The molecule has 0 spiro atoms. The maximum atomic E-state index is 8.47. The maximum absolute atomic E-state index is 8.47. The first kappa shape index (κ1) is 11.1. The van der Waals surface area contributed by atoms with Gasteiger partial charge in [-0.15, -0.1) is 0 Å². The van der Waals surface area contributed by atoms with Crippen molar-refractivity contribution < 1.29 is 4.74 Å². The van der Waals surface area contributed by atoms with Crippen LogP contribution in [0.1, 0.15) is 6.42 Å². The van der Waals surface area contributed by atoms with Crippen molar-refractivity contribution in [2.24, 2.45) is 0 Å². The highest BCUT2D eigenvalue weighted by molar-refractivity contribution is 5.54. The number of hydrogen-bond acceptors (Lipinski definition) is 5. The zero-order valence-electron chi connectivity index (χ0n) is 8.90. The van der Waals surface area contributed by atoms with E-state index in [9.17, 15) is 0 Å². The summed E-state index contributed by atoms with van der Waals surface area (Å²) in [6.45, 7) is 0.635. The number of nitrogens with zero attached hydrogens (tertiary/aromatic N) is 3. The van der Waals surface area contributed by atoms with Gasteiger partial charge >= 0.3 is 0 Å². The smallest absolute Gasteiger partial charge is 0.238 e. The summed E-state index contributed by atoms with van der Waals surface area (Å²) >= 11 is 0. The van der Waals surface area contributed by atoms with Crippen LogP contribution in [0.4, 0.5) is 11.5 Å². The van der Waals surface area contributed by atoms with Crippen molar-refractivity contribution in [1.29, 1.82) is 5.26 Å². The van der Waals surface area contributed by atoms with Crippen LogP contribution in [0.25, 0.3) is 0 Å². The van der Waals surface area contributed by atoms with Crippen molar-refractivity contribution in [3.05, 3.63) is 12.1 Å². The van der Waals surface area contributed by atoms with E-state index >= 15 is 0 Å². The van der Waals surface area contributed by atoms with Gasteiger partial charge in [-0.1, -0.05) is 0 Å². The van der Waals surface area contributed by atoms with Gasteiger partial charge in [0.15, 0.2) is 0 Å². The molecule has 1 rings (SSSR count). The second kappa shape index (κ2) is 5.05. The normalized spacial score (nSPS) is 9.40. The molecule has 0 amide bonds. The Morgan fingerprint density at radius 2 is 2.33 bits per heavy atom. The van der Waals surface area contributed by atoms with Crippen molar-refractivity contribution in [3.8, 4) is 11.9 Å². The highest BCUT2D eigenvalue weighted by atomic mass is 16.5. The lowest BCUT2D eigenvalue weighted by molar-refractivity contribution is 0.400. The van der Waals surface area contributed by atoms with E-state index in [0.717, 1.165) is 5.82 Å². The van der Waals surface area contributed by atoms with E-state index in [0.29, 0.717) is 24.5 Å². The summed E-state index contributed by atoms with van der Waals surface area (Å²) in [4.78, 5) is 6.09. The molecule has 1 aromatic heterocycles. The van der Waals surface area contributed by atoms with Crippen LogP contribution in [0.5, 0.6) is 5.88 Å². The van der Waals surface area contributed by atoms with Crippen LogP contribution < -0.4 is 15.4 Å². The van der Waals surface area contributed by atoms with Gasteiger partial charge in [0.1, 0.15) is 5.82 Å². The number of nitrogens with two attached hydrogens (primary N) is 1. The zero-order valence-corrected chi connectivity index (χ0v) is 8.90. The average molecular weight is 206 g/mol. The number of nitriles is 1. The number of ether oxygens (including phenoxy) is 1. The fourth-order valence-electron chi connectivity index (χ4n) is 1.15. The summed E-state index contributed by atoms with van der Waals surface area (Å²) in [6.07, 6.45) is 0.463. The van der Waals surface area contributed by atoms with Crippen LogP contribution in [-0.2, 0) is 0 Å². The van der Waals surface area contributed by atoms with Gasteiger partial charge in [0.2, 0.25) is 5.88 Å². The number of methoxy groups -OCH3 is 1. The number of anilines is 2. The van der Waals surface area contributed by atoms with E-state index in [1.807, 2.05) is 11.9 Å². The van der Waals surface area contributed by atoms with Crippen molar-refractivity contribution in [2.75, 3.05) is 31.3 Å². The average Bonchev–Trinajstić information content (AvgIpc) is 2.26. The fraction of sp³-hybridized carbons (Fsp3) is 0.400. The number of hydrogen-bond donors (Lipinski definition) is 1. The summed E-state index contributed by atoms with van der Waals surface area (Å²) in [5, 5.41) is 8.47. The Morgan fingerprint density at radius 3 is 2.93 bits per heavy atom. The van der Waals surface area contributed by atoms with Gasteiger partial charge in [0, 0.05) is 13.6 Å². The second-order valence-electron chi connectivity index (χ2n) is 3.10. The monoisotopic (exact) mass is 206 g/mol. The molecule has 0 saturated carbocycles. The Bertz CT molecular complexity index is 372. The minimum atomic E-state index is 0.413. The minimum Gasteiger partial charge on any atom is -0.479 e. The molecule has 0 aliphatic rings. The first-order valence-electron chi connectivity index (χ1n) is 4.57. The van der Waals surface area contributed by atoms with Crippen LogP contribution in [0, 0.1) is 11.3 Å². The Balaban J connectivity index is 2.82. The lowest BCUT2D eigenvalue weighted by atomic mass is 10.3. The van der Waals surface area contributed by atoms with E-state index in [1.54, 1.807) is 12.1 Å². The first-order chi connectivity index (χ1) is 7.19. The number of pyridine rings is 1. The molecule has 0 atom stereocenters.